The summed E-state index contributed by atoms with van der Waals surface area (Å²) in [6, 6.07) is 20.3. The van der Waals surface area contributed by atoms with Crippen LogP contribution in [-0.4, -0.2) is 33.7 Å². The third-order valence-electron chi connectivity index (χ3n) is 4.11. The number of benzene rings is 2. The van der Waals surface area contributed by atoms with Gasteiger partial charge in [0.2, 0.25) is 0 Å². The Labute approximate surface area is 149 Å². The Morgan fingerprint density at radius 1 is 0.960 bits per heavy atom. The molecular formula is C21H25NO3. The van der Waals surface area contributed by atoms with E-state index in [1.165, 1.54) is 11.1 Å². The van der Waals surface area contributed by atoms with E-state index in [-0.39, 0.29) is 12.6 Å². The molecule has 0 radical (unpaired) electrons. The average molecular weight is 339 g/mol. The molecule has 1 atom stereocenters. The van der Waals surface area contributed by atoms with Gasteiger partial charge in [0.05, 0.1) is 6.61 Å². The van der Waals surface area contributed by atoms with Crippen molar-refractivity contribution in [2.45, 2.75) is 32.0 Å². The van der Waals surface area contributed by atoms with Crippen molar-refractivity contribution < 1.29 is 15.0 Å². The molecule has 0 amide bonds. The smallest absolute Gasteiger partial charge is 0.327 e. The number of carboxylic acid groups (broad SMARTS) is 1. The van der Waals surface area contributed by atoms with Crippen LogP contribution in [0.3, 0.4) is 0 Å². The van der Waals surface area contributed by atoms with E-state index in [1.54, 1.807) is 6.08 Å². The maximum absolute atomic E-state index is 10.6. The van der Waals surface area contributed by atoms with Crippen LogP contribution in [0.25, 0.3) is 0 Å². The summed E-state index contributed by atoms with van der Waals surface area (Å²) in [6.07, 6.45) is 4.14. The van der Waals surface area contributed by atoms with Crippen LogP contribution in [0.5, 0.6) is 0 Å². The standard InChI is InChI=1S/C21H25NO3/c23-17-20(13-7-8-14-21(24)25)22(15-18-9-3-1-4-10-18)16-19-11-5-2-6-12-19/h1-6,8-12,14,20,23H,7,13,15-17H2,(H,24,25)/b14-8+/t20-/m1/s1. The van der Waals surface area contributed by atoms with Gasteiger partial charge in [-0.25, -0.2) is 4.79 Å². The minimum atomic E-state index is -0.939. The summed E-state index contributed by atoms with van der Waals surface area (Å²) in [5, 5.41) is 18.6. The van der Waals surface area contributed by atoms with Gasteiger partial charge in [-0.1, -0.05) is 66.7 Å². The summed E-state index contributed by atoms with van der Waals surface area (Å²) in [4.78, 5) is 12.8. The largest absolute Gasteiger partial charge is 0.478 e. The summed E-state index contributed by atoms with van der Waals surface area (Å²) < 4.78 is 0. The molecule has 0 aromatic heterocycles. The van der Waals surface area contributed by atoms with Gasteiger partial charge in [0.25, 0.3) is 0 Å². The van der Waals surface area contributed by atoms with E-state index in [0.29, 0.717) is 12.8 Å². The highest BCUT2D eigenvalue weighted by molar-refractivity contribution is 5.79. The van der Waals surface area contributed by atoms with Crippen LogP contribution in [-0.2, 0) is 17.9 Å². The monoisotopic (exact) mass is 339 g/mol. The Balaban J connectivity index is 2.08. The molecule has 0 saturated heterocycles. The van der Waals surface area contributed by atoms with Crippen molar-refractivity contribution in [1.82, 2.24) is 4.90 Å². The molecule has 0 fully saturated rings. The number of nitrogens with zero attached hydrogens (tertiary/aromatic N) is 1. The van der Waals surface area contributed by atoms with Crippen molar-refractivity contribution in [1.29, 1.82) is 0 Å². The molecule has 25 heavy (non-hydrogen) atoms. The lowest BCUT2D eigenvalue weighted by atomic mass is 10.1. The Morgan fingerprint density at radius 2 is 1.48 bits per heavy atom. The zero-order valence-electron chi connectivity index (χ0n) is 14.3. The van der Waals surface area contributed by atoms with Crippen LogP contribution in [0, 0.1) is 0 Å². The third-order valence-corrected chi connectivity index (χ3v) is 4.11. The number of rotatable bonds is 10. The van der Waals surface area contributed by atoms with Gasteiger partial charge >= 0.3 is 5.97 Å². The molecular weight excluding hydrogens is 314 g/mol. The number of hydrogen-bond donors (Lipinski definition) is 2. The lowest BCUT2D eigenvalue weighted by molar-refractivity contribution is -0.131. The zero-order valence-corrected chi connectivity index (χ0v) is 14.3. The maximum atomic E-state index is 10.6. The Kier molecular flexibility index (Phi) is 7.89. The second-order valence-electron chi connectivity index (χ2n) is 6.03. The van der Waals surface area contributed by atoms with E-state index in [0.717, 1.165) is 19.2 Å². The molecule has 0 spiro atoms. The summed E-state index contributed by atoms with van der Waals surface area (Å²) >= 11 is 0. The van der Waals surface area contributed by atoms with Crippen LogP contribution in [0.15, 0.2) is 72.8 Å². The van der Waals surface area contributed by atoms with Gasteiger partial charge in [-0.05, 0) is 24.0 Å². The predicted octanol–water partition coefficient (Wildman–Crippen LogP) is 3.47. The first kappa shape index (κ1) is 18.9. The van der Waals surface area contributed by atoms with Crippen molar-refractivity contribution in [2.75, 3.05) is 6.61 Å². The van der Waals surface area contributed by atoms with Crippen molar-refractivity contribution in [3.8, 4) is 0 Å². The zero-order chi connectivity index (χ0) is 17.9. The molecule has 4 nitrogen and oxygen atoms in total. The fourth-order valence-electron chi connectivity index (χ4n) is 2.81. The van der Waals surface area contributed by atoms with Gasteiger partial charge < -0.3 is 10.2 Å². The first-order valence-electron chi connectivity index (χ1n) is 8.51. The highest BCUT2D eigenvalue weighted by atomic mass is 16.4. The first-order chi connectivity index (χ1) is 12.2. The molecule has 0 heterocycles. The van der Waals surface area contributed by atoms with Crippen LogP contribution in [0.1, 0.15) is 24.0 Å². The molecule has 2 aromatic rings. The number of carbonyl (C=O) groups is 1. The SMILES string of the molecule is O=C(O)/C=C/CC[C@H](CO)N(Cc1ccccc1)Cc1ccccc1. The summed E-state index contributed by atoms with van der Waals surface area (Å²) in [5.74, 6) is -0.939. The third kappa shape index (κ3) is 6.91. The number of hydrogen-bond acceptors (Lipinski definition) is 3. The quantitative estimate of drug-likeness (QED) is 0.651. The lowest BCUT2D eigenvalue weighted by Gasteiger charge is -2.30. The van der Waals surface area contributed by atoms with E-state index in [2.05, 4.69) is 29.2 Å². The van der Waals surface area contributed by atoms with Gasteiger partial charge in [-0.3, -0.25) is 4.90 Å². The van der Waals surface area contributed by atoms with Crippen molar-refractivity contribution in [3.05, 3.63) is 83.9 Å². The molecule has 0 saturated carbocycles. The fraction of sp³-hybridized carbons (Fsp3) is 0.286. The second kappa shape index (κ2) is 10.4. The van der Waals surface area contributed by atoms with E-state index in [4.69, 9.17) is 5.11 Å². The minimum absolute atomic E-state index is 0.0288. The Bertz CT molecular complexity index is 614. The maximum Gasteiger partial charge on any atom is 0.327 e. The van der Waals surface area contributed by atoms with Crippen LogP contribution in [0.4, 0.5) is 0 Å². The molecule has 0 aliphatic rings. The molecule has 2 N–H and O–H groups in total. The number of aliphatic hydroxyl groups is 1. The van der Waals surface area contributed by atoms with E-state index >= 15 is 0 Å². The Hall–Kier alpha value is -2.43. The number of aliphatic carboxylic acids is 1. The highest BCUT2D eigenvalue weighted by Crippen LogP contribution is 2.16. The molecule has 0 unspecified atom stereocenters. The molecule has 2 aromatic carbocycles. The highest BCUT2D eigenvalue weighted by Gasteiger charge is 2.18. The number of carboxylic acids is 1. The molecule has 132 valence electrons. The number of allylic oxidation sites excluding steroid dienone is 1. The van der Waals surface area contributed by atoms with Crippen LogP contribution >= 0.6 is 0 Å². The summed E-state index contributed by atoms with van der Waals surface area (Å²) in [7, 11) is 0. The van der Waals surface area contributed by atoms with Crippen LogP contribution < -0.4 is 0 Å². The van der Waals surface area contributed by atoms with Gasteiger partial charge in [0.1, 0.15) is 0 Å². The molecule has 0 aliphatic heterocycles. The van der Waals surface area contributed by atoms with E-state index in [1.807, 2.05) is 36.4 Å². The lowest BCUT2D eigenvalue weighted by Crippen LogP contribution is -2.37. The van der Waals surface area contributed by atoms with Gasteiger partial charge in [-0.2, -0.15) is 0 Å². The van der Waals surface area contributed by atoms with Gasteiger partial charge in [0.15, 0.2) is 0 Å². The van der Waals surface area contributed by atoms with Crippen molar-refractivity contribution >= 4 is 5.97 Å². The van der Waals surface area contributed by atoms with Crippen molar-refractivity contribution in [2.24, 2.45) is 0 Å². The van der Waals surface area contributed by atoms with E-state index < -0.39 is 5.97 Å². The number of aliphatic hydroxyl groups excluding tert-OH is 1. The topological polar surface area (TPSA) is 60.8 Å². The minimum Gasteiger partial charge on any atom is -0.478 e. The Morgan fingerprint density at radius 3 is 1.92 bits per heavy atom. The van der Waals surface area contributed by atoms with Crippen molar-refractivity contribution in [3.63, 3.8) is 0 Å². The molecule has 0 bridgehead atoms. The normalized spacial score (nSPS) is 12.6. The van der Waals surface area contributed by atoms with Crippen LogP contribution in [0.2, 0.25) is 0 Å². The fourth-order valence-corrected chi connectivity index (χ4v) is 2.81. The van der Waals surface area contributed by atoms with Gasteiger partial charge in [-0.15, -0.1) is 0 Å². The predicted molar refractivity (Wildman–Crippen MR) is 99.0 cm³/mol. The summed E-state index contributed by atoms with van der Waals surface area (Å²) in [5.41, 5.74) is 2.39. The summed E-state index contributed by atoms with van der Waals surface area (Å²) in [6.45, 7) is 1.52. The molecule has 2 rings (SSSR count). The average Bonchev–Trinajstić information content (AvgIpc) is 2.63. The first-order valence-corrected chi connectivity index (χ1v) is 8.51. The van der Waals surface area contributed by atoms with E-state index in [9.17, 15) is 9.90 Å². The van der Waals surface area contributed by atoms with Gasteiger partial charge in [0, 0.05) is 25.2 Å². The second-order valence-corrected chi connectivity index (χ2v) is 6.03. The molecule has 0 aliphatic carbocycles. The molecule has 4 heteroatoms.